The first kappa shape index (κ1) is 26.4. The predicted molar refractivity (Wildman–Crippen MR) is 143 cm³/mol. The van der Waals surface area contributed by atoms with Crippen LogP contribution in [0.4, 0.5) is 0 Å². The number of hydrogen-bond acceptors (Lipinski definition) is 7. The number of piperazine rings is 1. The van der Waals surface area contributed by atoms with Crippen LogP contribution in [0.5, 0.6) is 17.2 Å². The van der Waals surface area contributed by atoms with E-state index in [1.165, 1.54) is 18.2 Å². The van der Waals surface area contributed by atoms with Crippen molar-refractivity contribution in [1.29, 1.82) is 0 Å². The van der Waals surface area contributed by atoms with E-state index in [2.05, 4.69) is 38.3 Å². The van der Waals surface area contributed by atoms with Gasteiger partial charge in [0.1, 0.15) is 23.4 Å². The maximum Gasteiger partial charge on any atom is 0.255 e. The molecular weight excluding hydrogens is 468 g/mol. The second-order valence-corrected chi connectivity index (χ2v) is 9.26. The Hall–Kier alpha value is -3.62. The van der Waals surface area contributed by atoms with Crippen LogP contribution in [-0.2, 0) is 13.1 Å². The van der Waals surface area contributed by atoms with Crippen molar-refractivity contribution in [2.75, 3.05) is 46.9 Å². The zero-order chi connectivity index (χ0) is 26.0. The Morgan fingerprint density at radius 1 is 0.919 bits per heavy atom. The van der Waals surface area contributed by atoms with Gasteiger partial charge in [-0.3, -0.25) is 19.6 Å². The van der Waals surface area contributed by atoms with Crippen LogP contribution in [0.3, 0.4) is 0 Å². The molecule has 8 nitrogen and oxygen atoms in total. The van der Waals surface area contributed by atoms with Gasteiger partial charge in [0.2, 0.25) is 0 Å². The van der Waals surface area contributed by atoms with Gasteiger partial charge < -0.3 is 19.5 Å². The van der Waals surface area contributed by atoms with E-state index in [4.69, 9.17) is 14.2 Å². The van der Waals surface area contributed by atoms with E-state index < -0.39 is 0 Å². The third kappa shape index (κ3) is 7.68. The standard InChI is InChI=1S/C29H36N4O4/c1-22(18-31-29(34)27-11-10-26(35-2)17-28(27)36-3)37-25-8-6-23(7-9-25)20-32-13-15-33(16-14-32)21-24-5-4-12-30-19-24/h4-12,17,19,22H,13-16,18,20-21H2,1-3H3,(H,31,34)/t22-/m1/s1. The molecule has 1 aliphatic rings. The fourth-order valence-electron chi connectivity index (χ4n) is 4.38. The predicted octanol–water partition coefficient (Wildman–Crippen LogP) is 3.61. The summed E-state index contributed by atoms with van der Waals surface area (Å²) < 4.78 is 16.5. The molecule has 0 unspecified atom stereocenters. The van der Waals surface area contributed by atoms with Crippen molar-refractivity contribution in [1.82, 2.24) is 20.1 Å². The minimum absolute atomic E-state index is 0.188. The third-order valence-electron chi connectivity index (χ3n) is 6.46. The first-order valence-electron chi connectivity index (χ1n) is 12.6. The maximum atomic E-state index is 12.6. The summed E-state index contributed by atoms with van der Waals surface area (Å²) in [5, 5.41) is 2.92. The molecule has 1 fully saturated rings. The average molecular weight is 505 g/mol. The topological polar surface area (TPSA) is 76.2 Å². The van der Waals surface area contributed by atoms with Crippen LogP contribution in [-0.4, -0.2) is 73.7 Å². The van der Waals surface area contributed by atoms with Gasteiger partial charge in [0.25, 0.3) is 5.91 Å². The van der Waals surface area contributed by atoms with Crippen LogP contribution in [0.25, 0.3) is 0 Å². The summed E-state index contributed by atoms with van der Waals surface area (Å²) in [7, 11) is 3.11. The summed E-state index contributed by atoms with van der Waals surface area (Å²) in [4.78, 5) is 21.8. The molecule has 0 spiro atoms. The largest absolute Gasteiger partial charge is 0.497 e. The van der Waals surface area contributed by atoms with E-state index in [0.717, 1.165) is 45.0 Å². The van der Waals surface area contributed by atoms with Crippen molar-refractivity contribution in [2.45, 2.75) is 26.1 Å². The Bertz CT molecular complexity index is 1130. The number of carbonyl (C=O) groups is 1. The van der Waals surface area contributed by atoms with Crippen molar-refractivity contribution in [3.63, 3.8) is 0 Å². The molecule has 37 heavy (non-hydrogen) atoms. The Balaban J connectivity index is 1.19. The molecule has 0 saturated carbocycles. The normalized spacial score (nSPS) is 15.1. The van der Waals surface area contributed by atoms with Gasteiger partial charge in [0.05, 0.1) is 26.3 Å². The van der Waals surface area contributed by atoms with Crippen LogP contribution >= 0.6 is 0 Å². The molecule has 1 N–H and O–H groups in total. The van der Waals surface area contributed by atoms with Crippen LogP contribution in [0.1, 0.15) is 28.4 Å². The second kappa shape index (κ2) is 13.1. The van der Waals surface area contributed by atoms with Gasteiger partial charge in [-0.2, -0.15) is 0 Å². The third-order valence-corrected chi connectivity index (χ3v) is 6.46. The Morgan fingerprint density at radius 3 is 2.22 bits per heavy atom. The molecule has 8 heteroatoms. The number of rotatable bonds is 11. The monoisotopic (exact) mass is 504 g/mol. The SMILES string of the molecule is COc1ccc(C(=O)NC[C@@H](C)Oc2ccc(CN3CCN(Cc4cccnc4)CC3)cc2)c(OC)c1. The zero-order valence-corrected chi connectivity index (χ0v) is 21.9. The highest BCUT2D eigenvalue weighted by Gasteiger charge is 2.18. The average Bonchev–Trinajstić information content (AvgIpc) is 2.94. The molecule has 1 saturated heterocycles. The van der Waals surface area contributed by atoms with Gasteiger partial charge in [0, 0.05) is 57.7 Å². The summed E-state index contributed by atoms with van der Waals surface area (Å²) in [6, 6.07) is 17.5. The molecule has 1 atom stereocenters. The number of aromatic nitrogens is 1. The molecule has 1 aliphatic heterocycles. The zero-order valence-electron chi connectivity index (χ0n) is 21.9. The van der Waals surface area contributed by atoms with Crippen LogP contribution in [0, 0.1) is 0 Å². The number of hydrogen-bond donors (Lipinski definition) is 1. The van der Waals surface area contributed by atoms with Crippen LogP contribution < -0.4 is 19.5 Å². The molecular formula is C29H36N4O4. The van der Waals surface area contributed by atoms with Crippen molar-refractivity contribution >= 4 is 5.91 Å². The highest BCUT2D eigenvalue weighted by Crippen LogP contribution is 2.24. The molecule has 4 rings (SSSR count). The van der Waals surface area contributed by atoms with E-state index in [1.54, 1.807) is 25.3 Å². The Morgan fingerprint density at radius 2 is 1.59 bits per heavy atom. The molecule has 1 amide bonds. The van der Waals surface area contributed by atoms with Crippen molar-refractivity contribution in [3.8, 4) is 17.2 Å². The quantitative estimate of drug-likeness (QED) is 0.428. The van der Waals surface area contributed by atoms with Gasteiger partial charge in [-0.15, -0.1) is 0 Å². The van der Waals surface area contributed by atoms with E-state index in [1.807, 2.05) is 37.5 Å². The number of benzene rings is 2. The lowest BCUT2D eigenvalue weighted by Crippen LogP contribution is -2.45. The molecule has 0 aliphatic carbocycles. The lowest BCUT2D eigenvalue weighted by atomic mass is 10.1. The van der Waals surface area contributed by atoms with E-state index in [9.17, 15) is 4.79 Å². The first-order chi connectivity index (χ1) is 18.0. The molecule has 196 valence electrons. The second-order valence-electron chi connectivity index (χ2n) is 9.26. The summed E-state index contributed by atoms with van der Waals surface area (Å²) in [5.41, 5.74) is 2.99. The van der Waals surface area contributed by atoms with Crippen molar-refractivity contribution in [3.05, 3.63) is 83.7 Å². The lowest BCUT2D eigenvalue weighted by molar-refractivity contribution is 0.0929. The van der Waals surface area contributed by atoms with Gasteiger partial charge >= 0.3 is 0 Å². The van der Waals surface area contributed by atoms with Crippen molar-refractivity contribution in [2.24, 2.45) is 0 Å². The van der Waals surface area contributed by atoms with Gasteiger partial charge in [-0.05, 0) is 48.4 Å². The smallest absolute Gasteiger partial charge is 0.255 e. The highest BCUT2D eigenvalue weighted by atomic mass is 16.5. The van der Waals surface area contributed by atoms with Crippen LogP contribution in [0.15, 0.2) is 67.0 Å². The lowest BCUT2D eigenvalue weighted by Gasteiger charge is -2.34. The minimum Gasteiger partial charge on any atom is -0.497 e. The van der Waals surface area contributed by atoms with E-state index in [0.29, 0.717) is 23.6 Å². The van der Waals surface area contributed by atoms with Crippen molar-refractivity contribution < 1.29 is 19.0 Å². The summed E-state index contributed by atoms with van der Waals surface area (Å²) in [6.45, 7) is 8.41. The maximum absolute atomic E-state index is 12.6. The highest BCUT2D eigenvalue weighted by molar-refractivity contribution is 5.97. The Labute approximate surface area is 219 Å². The summed E-state index contributed by atoms with van der Waals surface area (Å²) in [5.74, 6) is 1.67. The number of pyridine rings is 1. The number of nitrogens with one attached hydrogen (secondary N) is 1. The van der Waals surface area contributed by atoms with Gasteiger partial charge in [-0.1, -0.05) is 18.2 Å². The summed E-state index contributed by atoms with van der Waals surface area (Å²) >= 11 is 0. The molecule has 1 aromatic heterocycles. The fourth-order valence-corrected chi connectivity index (χ4v) is 4.38. The van der Waals surface area contributed by atoms with E-state index >= 15 is 0 Å². The number of ether oxygens (including phenoxy) is 3. The van der Waals surface area contributed by atoms with Gasteiger partial charge in [-0.25, -0.2) is 0 Å². The number of nitrogens with zero attached hydrogens (tertiary/aromatic N) is 3. The van der Waals surface area contributed by atoms with Gasteiger partial charge in [0.15, 0.2) is 0 Å². The Kier molecular flexibility index (Phi) is 9.35. The first-order valence-corrected chi connectivity index (χ1v) is 12.6. The molecule has 2 heterocycles. The number of amides is 1. The molecule has 3 aromatic rings. The molecule has 0 radical (unpaired) electrons. The molecule has 2 aromatic carbocycles. The summed E-state index contributed by atoms with van der Waals surface area (Å²) in [6.07, 6.45) is 3.58. The number of methoxy groups -OCH3 is 2. The van der Waals surface area contributed by atoms with E-state index in [-0.39, 0.29) is 12.0 Å². The van der Waals surface area contributed by atoms with Crippen LogP contribution in [0.2, 0.25) is 0 Å². The minimum atomic E-state index is -0.217. The molecule has 0 bridgehead atoms. The number of carbonyl (C=O) groups excluding carboxylic acids is 1. The fraction of sp³-hybridized carbons (Fsp3) is 0.379.